The third-order valence-corrected chi connectivity index (χ3v) is 6.89. The lowest BCUT2D eigenvalue weighted by molar-refractivity contribution is 0.0949. The van der Waals surface area contributed by atoms with E-state index < -0.39 is 0 Å². The lowest BCUT2D eigenvalue weighted by Crippen LogP contribution is -2.28. The molecule has 0 saturated carbocycles. The Kier molecular flexibility index (Phi) is 7.31. The molecule has 2 heterocycles. The number of carbonyl (C=O) groups excluding carboxylic acids is 1. The first-order valence-electron chi connectivity index (χ1n) is 12.0. The fourth-order valence-electron chi connectivity index (χ4n) is 4.04. The highest BCUT2D eigenvalue weighted by Crippen LogP contribution is 2.27. The Morgan fingerprint density at radius 2 is 1.80 bits per heavy atom. The number of aryl methyl sites for hydroxylation is 2. The van der Waals surface area contributed by atoms with Crippen LogP contribution in [0.25, 0.3) is 16.7 Å². The first-order chi connectivity index (χ1) is 16.7. The molecule has 4 rings (SSSR count). The summed E-state index contributed by atoms with van der Waals surface area (Å²) in [6.07, 6.45) is 0. The van der Waals surface area contributed by atoms with Gasteiger partial charge in [-0.1, -0.05) is 63.2 Å². The van der Waals surface area contributed by atoms with Crippen LogP contribution in [0.2, 0.25) is 0 Å². The van der Waals surface area contributed by atoms with Gasteiger partial charge in [-0.3, -0.25) is 18.6 Å². The minimum atomic E-state index is -0.155. The smallest absolute Gasteiger partial charge is 0.262 e. The molecule has 0 atom stereocenters. The summed E-state index contributed by atoms with van der Waals surface area (Å²) in [5.41, 5.74) is 4.72. The summed E-state index contributed by atoms with van der Waals surface area (Å²) in [7, 11) is 0. The maximum atomic E-state index is 13.4. The van der Waals surface area contributed by atoms with Crippen LogP contribution in [0, 0.1) is 25.7 Å². The monoisotopic (exact) mass is 491 g/mol. The maximum absolute atomic E-state index is 13.4. The number of benzene rings is 2. The molecule has 0 unspecified atom stereocenters. The summed E-state index contributed by atoms with van der Waals surface area (Å²) in [6, 6.07) is 11.7. The van der Waals surface area contributed by atoms with Crippen molar-refractivity contribution in [3.63, 3.8) is 0 Å². The number of fused-ring (bicyclic) bond motifs is 3. The van der Waals surface area contributed by atoms with Crippen LogP contribution in [-0.2, 0) is 12.3 Å². The molecule has 7 nitrogen and oxygen atoms in total. The van der Waals surface area contributed by atoms with Crippen molar-refractivity contribution < 1.29 is 4.79 Å². The van der Waals surface area contributed by atoms with Gasteiger partial charge in [-0.05, 0) is 55.0 Å². The molecule has 8 heteroatoms. The molecule has 0 aliphatic carbocycles. The molecule has 0 aliphatic rings. The van der Waals surface area contributed by atoms with Gasteiger partial charge in [0, 0.05) is 24.4 Å². The Hall–Kier alpha value is -3.13. The molecule has 2 aromatic carbocycles. The van der Waals surface area contributed by atoms with Crippen LogP contribution in [-0.4, -0.2) is 31.6 Å². The summed E-state index contributed by atoms with van der Waals surface area (Å²) in [6.45, 7) is 13.6. The fourth-order valence-corrected chi connectivity index (χ4v) is 5.05. The topological polar surface area (TPSA) is 81.3 Å². The van der Waals surface area contributed by atoms with Gasteiger partial charge in [-0.25, -0.2) is 0 Å². The second-order valence-corrected chi connectivity index (χ2v) is 10.9. The summed E-state index contributed by atoms with van der Waals surface area (Å²) in [5, 5.41) is 13.1. The highest BCUT2D eigenvalue weighted by atomic mass is 32.2. The number of nitrogens with one attached hydrogen (secondary N) is 1. The number of hydrogen-bond donors (Lipinski definition) is 1. The molecule has 0 aliphatic heterocycles. The number of carbonyl (C=O) groups is 1. The number of aromatic nitrogens is 4. The molecule has 2 aromatic heterocycles. The zero-order valence-corrected chi connectivity index (χ0v) is 22.1. The second kappa shape index (κ2) is 10.2. The average Bonchev–Trinajstić information content (AvgIpc) is 3.24. The van der Waals surface area contributed by atoms with E-state index in [2.05, 4.69) is 75.3 Å². The Morgan fingerprint density at radius 3 is 2.51 bits per heavy atom. The van der Waals surface area contributed by atoms with E-state index in [4.69, 9.17) is 0 Å². The minimum Gasteiger partial charge on any atom is -0.352 e. The Balaban J connectivity index is 1.85. The van der Waals surface area contributed by atoms with Crippen LogP contribution < -0.4 is 10.9 Å². The van der Waals surface area contributed by atoms with Crippen LogP contribution in [0.4, 0.5) is 0 Å². The molecule has 0 saturated heterocycles. The van der Waals surface area contributed by atoms with Gasteiger partial charge < -0.3 is 5.32 Å². The number of nitrogens with zero attached hydrogens (tertiary/aromatic N) is 4. The predicted molar refractivity (Wildman–Crippen MR) is 142 cm³/mol. The van der Waals surface area contributed by atoms with Crippen LogP contribution in [0.3, 0.4) is 0 Å². The molecule has 1 amide bonds. The Bertz CT molecular complexity index is 1450. The van der Waals surface area contributed by atoms with Crippen molar-refractivity contribution in [2.24, 2.45) is 11.8 Å². The van der Waals surface area contributed by atoms with E-state index in [1.54, 1.807) is 34.5 Å². The zero-order valence-electron chi connectivity index (χ0n) is 21.3. The molecule has 0 bridgehead atoms. The summed E-state index contributed by atoms with van der Waals surface area (Å²) >= 11 is 1.58. The van der Waals surface area contributed by atoms with Crippen molar-refractivity contribution in [2.75, 3.05) is 6.54 Å². The maximum Gasteiger partial charge on any atom is 0.262 e. The number of rotatable bonds is 8. The second-order valence-electron chi connectivity index (χ2n) is 9.98. The SMILES string of the molecule is Cc1ccc(C)c(CSc2nnc3n(CC(C)C)c(=O)c4ccc(C(=O)NCC(C)C)cc4n23)c1. The van der Waals surface area contributed by atoms with E-state index in [9.17, 15) is 9.59 Å². The van der Waals surface area contributed by atoms with Crippen LogP contribution in [0.5, 0.6) is 0 Å². The van der Waals surface area contributed by atoms with Gasteiger partial charge in [-0.2, -0.15) is 0 Å². The molecule has 35 heavy (non-hydrogen) atoms. The molecule has 0 spiro atoms. The van der Waals surface area contributed by atoms with Gasteiger partial charge in [0.2, 0.25) is 5.78 Å². The van der Waals surface area contributed by atoms with E-state index in [1.165, 1.54) is 16.7 Å². The quantitative estimate of drug-likeness (QED) is 0.351. The fraction of sp³-hybridized carbons (Fsp3) is 0.407. The van der Waals surface area contributed by atoms with Crippen molar-refractivity contribution in [1.29, 1.82) is 0 Å². The molecule has 4 aromatic rings. The van der Waals surface area contributed by atoms with Gasteiger partial charge in [0.1, 0.15) is 0 Å². The van der Waals surface area contributed by atoms with Crippen molar-refractivity contribution in [2.45, 2.75) is 59.0 Å². The van der Waals surface area contributed by atoms with E-state index in [0.717, 1.165) is 5.75 Å². The van der Waals surface area contributed by atoms with Crippen molar-refractivity contribution in [3.8, 4) is 0 Å². The average molecular weight is 492 g/mol. The zero-order chi connectivity index (χ0) is 25.3. The summed E-state index contributed by atoms with van der Waals surface area (Å²) in [4.78, 5) is 26.2. The minimum absolute atomic E-state index is 0.117. The predicted octanol–water partition coefficient (Wildman–Crippen LogP) is 5.00. The van der Waals surface area contributed by atoms with Gasteiger partial charge in [-0.15, -0.1) is 10.2 Å². The van der Waals surface area contributed by atoms with E-state index in [-0.39, 0.29) is 17.4 Å². The largest absolute Gasteiger partial charge is 0.352 e. The van der Waals surface area contributed by atoms with E-state index in [0.29, 0.717) is 46.4 Å². The normalized spacial score (nSPS) is 11.8. The number of hydrogen-bond acceptors (Lipinski definition) is 5. The Labute approximate surface area is 210 Å². The first kappa shape index (κ1) is 25.0. The van der Waals surface area contributed by atoms with Crippen LogP contribution in [0.15, 0.2) is 46.3 Å². The highest BCUT2D eigenvalue weighted by molar-refractivity contribution is 7.98. The Morgan fingerprint density at radius 1 is 1.03 bits per heavy atom. The van der Waals surface area contributed by atoms with Gasteiger partial charge in [0.15, 0.2) is 5.16 Å². The first-order valence-corrected chi connectivity index (χ1v) is 13.0. The lowest BCUT2D eigenvalue weighted by Gasteiger charge is -2.14. The summed E-state index contributed by atoms with van der Waals surface area (Å²) < 4.78 is 3.62. The number of amides is 1. The molecule has 184 valence electrons. The lowest BCUT2D eigenvalue weighted by atomic mass is 10.1. The standard InChI is InChI=1S/C27H33N5O2S/c1-16(2)13-28-24(33)20-9-10-22-23(12-20)32-26(31(25(22)34)14-17(3)4)29-30-27(32)35-15-21-11-18(5)7-8-19(21)6/h7-12,16-17H,13-15H2,1-6H3,(H,28,33). The molecular weight excluding hydrogens is 458 g/mol. The van der Waals surface area contributed by atoms with E-state index in [1.807, 2.05) is 4.40 Å². The van der Waals surface area contributed by atoms with Gasteiger partial charge >= 0.3 is 0 Å². The van der Waals surface area contributed by atoms with Crippen molar-refractivity contribution >= 4 is 34.3 Å². The molecule has 0 fully saturated rings. The molecule has 0 radical (unpaired) electrons. The third kappa shape index (κ3) is 5.27. The van der Waals surface area contributed by atoms with Crippen molar-refractivity contribution in [3.05, 3.63) is 69.0 Å². The van der Waals surface area contributed by atoms with Gasteiger partial charge in [0.25, 0.3) is 11.5 Å². The van der Waals surface area contributed by atoms with Crippen molar-refractivity contribution in [1.82, 2.24) is 24.5 Å². The van der Waals surface area contributed by atoms with Crippen LogP contribution in [0.1, 0.15) is 54.7 Å². The van der Waals surface area contributed by atoms with E-state index >= 15 is 0 Å². The molecule has 1 N–H and O–H groups in total. The van der Waals surface area contributed by atoms with Crippen LogP contribution >= 0.6 is 11.8 Å². The highest BCUT2D eigenvalue weighted by Gasteiger charge is 2.19. The third-order valence-electron chi connectivity index (χ3n) is 5.91. The van der Waals surface area contributed by atoms with Gasteiger partial charge in [0.05, 0.1) is 10.9 Å². The summed E-state index contributed by atoms with van der Waals surface area (Å²) in [5.74, 6) is 1.68. The number of thioether (sulfide) groups is 1. The molecular formula is C27H33N5O2S.